The monoisotopic (exact) mass is 309 g/mol. The van der Waals surface area contributed by atoms with Crippen LogP contribution in [0.15, 0.2) is 5.16 Å². The molecule has 0 saturated heterocycles. The summed E-state index contributed by atoms with van der Waals surface area (Å²) >= 11 is 0. The summed E-state index contributed by atoms with van der Waals surface area (Å²) in [4.78, 5) is 12.2. The van der Waals surface area contributed by atoms with Crippen molar-refractivity contribution in [3.05, 3.63) is 0 Å². The van der Waals surface area contributed by atoms with E-state index in [9.17, 15) is 18.0 Å². The predicted octanol–water partition coefficient (Wildman–Crippen LogP) is 2.39. The molecule has 0 radical (unpaired) electrons. The lowest BCUT2D eigenvalue weighted by Gasteiger charge is -2.34. The Morgan fingerprint density at radius 3 is 2.52 bits per heavy atom. The van der Waals surface area contributed by atoms with Gasteiger partial charge >= 0.3 is 6.18 Å². The molecule has 0 aromatic rings. The Morgan fingerprint density at radius 2 is 2.05 bits per heavy atom. The molecule has 8 heteroatoms. The smallest absolute Gasteiger partial charge is 0.391 e. The van der Waals surface area contributed by atoms with Crippen molar-refractivity contribution in [2.75, 3.05) is 0 Å². The lowest BCUT2D eigenvalue weighted by Crippen LogP contribution is -2.56. The summed E-state index contributed by atoms with van der Waals surface area (Å²) in [5.74, 6) is -2.76. The van der Waals surface area contributed by atoms with Crippen molar-refractivity contribution in [1.29, 1.82) is 0 Å². The highest BCUT2D eigenvalue weighted by molar-refractivity contribution is 5.94. The Morgan fingerprint density at radius 1 is 1.43 bits per heavy atom. The van der Waals surface area contributed by atoms with Gasteiger partial charge in [-0.05, 0) is 32.6 Å². The van der Waals surface area contributed by atoms with Crippen LogP contribution in [-0.4, -0.2) is 28.7 Å². The number of alkyl halides is 3. The van der Waals surface area contributed by atoms with Gasteiger partial charge in [0, 0.05) is 5.92 Å². The number of halogens is 3. The van der Waals surface area contributed by atoms with Crippen molar-refractivity contribution in [2.24, 2.45) is 22.7 Å². The Hall–Kier alpha value is -1.47. The minimum Gasteiger partial charge on any atom is -0.409 e. The van der Waals surface area contributed by atoms with Gasteiger partial charge in [-0.25, -0.2) is 0 Å². The van der Waals surface area contributed by atoms with Crippen LogP contribution in [0.25, 0.3) is 0 Å². The third-order valence-corrected chi connectivity index (χ3v) is 4.29. The molecule has 0 aromatic carbocycles. The summed E-state index contributed by atoms with van der Waals surface area (Å²) in [5.41, 5.74) is 4.48. The maximum absolute atomic E-state index is 12.8. The average molecular weight is 309 g/mol. The van der Waals surface area contributed by atoms with Crippen molar-refractivity contribution in [3.63, 3.8) is 0 Å². The van der Waals surface area contributed by atoms with Gasteiger partial charge in [0.15, 0.2) is 5.84 Å². The predicted molar refractivity (Wildman–Crippen MR) is 71.8 cm³/mol. The topological polar surface area (TPSA) is 87.7 Å². The van der Waals surface area contributed by atoms with E-state index in [2.05, 4.69) is 10.5 Å². The molecule has 122 valence electrons. The van der Waals surface area contributed by atoms with E-state index in [1.54, 1.807) is 13.8 Å². The van der Waals surface area contributed by atoms with Crippen LogP contribution in [0, 0.1) is 11.8 Å². The number of carbonyl (C=O) groups excluding carboxylic acids is 1. The van der Waals surface area contributed by atoms with Gasteiger partial charge in [-0.2, -0.15) is 13.2 Å². The number of oxime groups is 1. The highest BCUT2D eigenvalue weighted by atomic mass is 19.4. The molecule has 1 rings (SSSR count). The van der Waals surface area contributed by atoms with E-state index in [4.69, 9.17) is 10.9 Å². The minimum absolute atomic E-state index is 0.0680. The standard InChI is InChI=1S/C13H22F3N3O2/c1-3-12(2,11(17)19-21)18-10(20)8-5-4-6-9(7-8)13(14,15)16/h8-9,21H,3-7H2,1-2H3,(H2,17,19)(H,18,20). The highest BCUT2D eigenvalue weighted by Gasteiger charge is 2.44. The second kappa shape index (κ2) is 6.53. The number of rotatable bonds is 4. The molecule has 0 heterocycles. The number of hydrogen-bond donors (Lipinski definition) is 3. The number of nitrogens with two attached hydrogens (primary N) is 1. The zero-order chi connectivity index (χ0) is 16.3. The third-order valence-electron chi connectivity index (χ3n) is 4.29. The van der Waals surface area contributed by atoms with Crippen LogP contribution in [0.4, 0.5) is 13.2 Å². The molecule has 0 aliphatic heterocycles. The first kappa shape index (κ1) is 17.6. The zero-order valence-corrected chi connectivity index (χ0v) is 12.2. The molecule has 1 aliphatic rings. The summed E-state index contributed by atoms with van der Waals surface area (Å²) in [7, 11) is 0. The Bertz CT molecular complexity index is 412. The SMILES string of the molecule is CCC(C)(NC(=O)C1CCCC(C(F)(F)F)C1)C(N)=NO. The molecule has 4 N–H and O–H groups in total. The molecule has 3 unspecified atom stereocenters. The van der Waals surface area contributed by atoms with Crippen molar-refractivity contribution in [2.45, 2.75) is 57.7 Å². The average Bonchev–Trinajstić information content (AvgIpc) is 2.45. The molecule has 21 heavy (non-hydrogen) atoms. The molecule has 1 amide bonds. The number of hydrogen-bond acceptors (Lipinski definition) is 3. The molecule has 1 aliphatic carbocycles. The van der Waals surface area contributed by atoms with E-state index in [0.29, 0.717) is 19.3 Å². The van der Waals surface area contributed by atoms with Crippen molar-refractivity contribution in [1.82, 2.24) is 5.32 Å². The molecule has 1 saturated carbocycles. The maximum atomic E-state index is 12.8. The molecule has 0 aromatic heterocycles. The van der Waals surface area contributed by atoms with Gasteiger partial charge in [-0.15, -0.1) is 0 Å². The second-order valence-electron chi connectivity index (χ2n) is 5.76. The van der Waals surface area contributed by atoms with Gasteiger partial charge in [-0.1, -0.05) is 18.5 Å². The number of amides is 1. The van der Waals surface area contributed by atoms with Gasteiger partial charge in [-0.3, -0.25) is 4.79 Å². The normalized spacial score (nSPS) is 27.0. The van der Waals surface area contributed by atoms with E-state index in [1.165, 1.54) is 0 Å². The lowest BCUT2D eigenvalue weighted by molar-refractivity contribution is -0.186. The van der Waals surface area contributed by atoms with Crippen LogP contribution in [-0.2, 0) is 4.79 Å². The largest absolute Gasteiger partial charge is 0.409 e. The summed E-state index contributed by atoms with van der Waals surface area (Å²) < 4.78 is 38.3. The van der Waals surface area contributed by atoms with Gasteiger partial charge < -0.3 is 16.3 Å². The van der Waals surface area contributed by atoms with Crippen molar-refractivity contribution >= 4 is 11.7 Å². The van der Waals surface area contributed by atoms with Crippen LogP contribution in [0.5, 0.6) is 0 Å². The molecule has 0 spiro atoms. The minimum atomic E-state index is -4.27. The summed E-state index contributed by atoms with van der Waals surface area (Å²) in [5, 5.41) is 14.2. The summed E-state index contributed by atoms with van der Waals surface area (Å²) in [6.45, 7) is 3.31. The molecular formula is C13H22F3N3O2. The molecule has 3 atom stereocenters. The molecule has 1 fully saturated rings. The maximum Gasteiger partial charge on any atom is 0.391 e. The summed E-state index contributed by atoms with van der Waals surface area (Å²) in [6, 6.07) is 0. The fraction of sp³-hybridized carbons (Fsp3) is 0.846. The fourth-order valence-corrected chi connectivity index (χ4v) is 2.54. The van der Waals surface area contributed by atoms with E-state index < -0.39 is 29.5 Å². The molecular weight excluding hydrogens is 287 g/mol. The number of amidine groups is 1. The van der Waals surface area contributed by atoms with Gasteiger partial charge in [0.2, 0.25) is 5.91 Å². The van der Waals surface area contributed by atoms with E-state index in [-0.39, 0.29) is 18.7 Å². The Kier molecular flexibility index (Phi) is 5.47. The zero-order valence-electron chi connectivity index (χ0n) is 12.2. The fourth-order valence-electron chi connectivity index (χ4n) is 2.54. The first-order chi connectivity index (χ1) is 9.64. The van der Waals surface area contributed by atoms with Crippen molar-refractivity contribution in [3.8, 4) is 0 Å². The van der Waals surface area contributed by atoms with E-state index in [1.807, 2.05) is 0 Å². The lowest BCUT2D eigenvalue weighted by atomic mass is 9.80. The molecule has 0 bridgehead atoms. The first-order valence-electron chi connectivity index (χ1n) is 7.00. The quantitative estimate of drug-likeness (QED) is 0.322. The van der Waals surface area contributed by atoms with Crippen LogP contribution in [0.3, 0.4) is 0 Å². The molecule has 5 nitrogen and oxygen atoms in total. The van der Waals surface area contributed by atoms with Gasteiger partial charge in [0.05, 0.1) is 11.5 Å². The first-order valence-corrected chi connectivity index (χ1v) is 7.00. The highest BCUT2D eigenvalue weighted by Crippen LogP contribution is 2.40. The van der Waals surface area contributed by atoms with Crippen LogP contribution in [0.2, 0.25) is 0 Å². The number of nitrogens with one attached hydrogen (secondary N) is 1. The van der Waals surface area contributed by atoms with E-state index in [0.717, 1.165) is 0 Å². The number of carbonyl (C=O) groups is 1. The third kappa shape index (κ3) is 4.25. The Labute approximate surface area is 121 Å². The summed E-state index contributed by atoms with van der Waals surface area (Å²) in [6.07, 6.45) is -3.24. The van der Waals surface area contributed by atoms with Gasteiger partial charge in [0.25, 0.3) is 0 Å². The van der Waals surface area contributed by atoms with E-state index >= 15 is 0 Å². The van der Waals surface area contributed by atoms with Crippen LogP contribution >= 0.6 is 0 Å². The van der Waals surface area contributed by atoms with Crippen LogP contribution in [0.1, 0.15) is 46.0 Å². The van der Waals surface area contributed by atoms with Gasteiger partial charge in [0.1, 0.15) is 0 Å². The Balaban J connectivity index is 2.75. The second-order valence-corrected chi connectivity index (χ2v) is 5.76. The van der Waals surface area contributed by atoms with Crippen LogP contribution < -0.4 is 11.1 Å². The van der Waals surface area contributed by atoms with Crippen molar-refractivity contribution < 1.29 is 23.2 Å². The number of nitrogens with zero attached hydrogens (tertiary/aromatic N) is 1.